The summed E-state index contributed by atoms with van der Waals surface area (Å²) in [6, 6.07) is 21.1. The number of benzene rings is 3. The quantitative estimate of drug-likeness (QED) is 0.608. The van der Waals surface area contributed by atoms with Crippen LogP contribution in [0.3, 0.4) is 0 Å². The molecule has 2 amide bonds. The van der Waals surface area contributed by atoms with Gasteiger partial charge in [-0.05, 0) is 79.8 Å². The van der Waals surface area contributed by atoms with Crippen LogP contribution in [0, 0.1) is 27.7 Å². The second-order valence-corrected chi connectivity index (χ2v) is 7.83. The number of nitrogens with zero attached hydrogens (tertiary/aromatic N) is 1. The van der Waals surface area contributed by atoms with Crippen molar-refractivity contribution in [2.75, 3.05) is 10.2 Å². The number of carbonyl (C=O) groups is 2. The third kappa shape index (κ3) is 3.52. The highest BCUT2D eigenvalue weighted by molar-refractivity contribution is 6.46. The van der Waals surface area contributed by atoms with Crippen LogP contribution in [0.1, 0.15) is 27.8 Å². The smallest absolute Gasteiger partial charge is 0.282 e. The summed E-state index contributed by atoms with van der Waals surface area (Å²) in [6.45, 7) is 7.96. The number of aryl methyl sites for hydroxylation is 4. The zero-order chi connectivity index (χ0) is 21.4. The van der Waals surface area contributed by atoms with Crippen LogP contribution in [0.2, 0.25) is 0 Å². The van der Waals surface area contributed by atoms with E-state index in [0.717, 1.165) is 33.5 Å². The first-order chi connectivity index (χ1) is 14.3. The number of anilines is 2. The van der Waals surface area contributed by atoms with Crippen molar-refractivity contribution in [3.05, 3.63) is 100 Å². The van der Waals surface area contributed by atoms with E-state index in [-0.39, 0.29) is 11.8 Å². The molecule has 1 aliphatic rings. The molecular weight excluding hydrogens is 372 g/mol. The second kappa shape index (κ2) is 7.64. The Labute approximate surface area is 176 Å². The van der Waals surface area contributed by atoms with Gasteiger partial charge in [0.2, 0.25) is 0 Å². The Morgan fingerprint density at radius 1 is 0.700 bits per heavy atom. The lowest BCUT2D eigenvalue weighted by atomic mass is 9.99. The van der Waals surface area contributed by atoms with Crippen molar-refractivity contribution >= 4 is 28.8 Å². The molecule has 0 aromatic heterocycles. The molecule has 1 heterocycles. The molecule has 0 fully saturated rings. The number of carbonyl (C=O) groups excluding carboxylic acids is 2. The summed E-state index contributed by atoms with van der Waals surface area (Å²) in [4.78, 5) is 28.3. The van der Waals surface area contributed by atoms with Crippen LogP contribution >= 0.6 is 0 Å². The number of hydrogen-bond donors (Lipinski definition) is 1. The van der Waals surface area contributed by atoms with Gasteiger partial charge in [0.1, 0.15) is 5.70 Å². The van der Waals surface area contributed by atoms with E-state index in [0.29, 0.717) is 17.0 Å². The summed E-state index contributed by atoms with van der Waals surface area (Å²) in [5.41, 5.74) is 7.00. The number of para-hydroxylation sites is 1. The maximum absolute atomic E-state index is 13.5. The van der Waals surface area contributed by atoms with Crippen LogP contribution in [-0.2, 0) is 9.59 Å². The van der Waals surface area contributed by atoms with E-state index in [4.69, 9.17) is 0 Å². The normalized spacial score (nSPS) is 13.9. The van der Waals surface area contributed by atoms with Gasteiger partial charge < -0.3 is 5.32 Å². The molecule has 3 aromatic rings. The van der Waals surface area contributed by atoms with Gasteiger partial charge in [-0.1, -0.05) is 42.5 Å². The van der Waals surface area contributed by atoms with Crippen molar-refractivity contribution in [2.45, 2.75) is 27.7 Å². The largest absolute Gasteiger partial charge is 0.350 e. The monoisotopic (exact) mass is 396 g/mol. The zero-order valence-corrected chi connectivity index (χ0v) is 17.6. The number of nitrogens with one attached hydrogen (secondary N) is 1. The zero-order valence-electron chi connectivity index (χ0n) is 17.6. The third-order valence-electron chi connectivity index (χ3n) is 5.39. The van der Waals surface area contributed by atoms with Gasteiger partial charge in [-0.15, -0.1) is 0 Å². The summed E-state index contributed by atoms with van der Waals surface area (Å²) in [5.74, 6) is -0.659. The lowest BCUT2D eigenvalue weighted by Gasteiger charge is -2.17. The van der Waals surface area contributed by atoms with Gasteiger partial charge in [0, 0.05) is 5.69 Å². The van der Waals surface area contributed by atoms with Crippen molar-refractivity contribution in [2.24, 2.45) is 0 Å². The predicted octanol–water partition coefficient (Wildman–Crippen LogP) is 5.32. The number of amides is 2. The van der Waals surface area contributed by atoms with E-state index in [9.17, 15) is 9.59 Å². The summed E-state index contributed by atoms with van der Waals surface area (Å²) in [5, 5.41) is 3.20. The number of rotatable bonds is 4. The topological polar surface area (TPSA) is 49.4 Å². The van der Waals surface area contributed by atoms with E-state index < -0.39 is 0 Å². The Morgan fingerprint density at radius 3 is 2.00 bits per heavy atom. The molecule has 4 rings (SSSR count). The van der Waals surface area contributed by atoms with Crippen LogP contribution < -0.4 is 10.2 Å². The first kappa shape index (κ1) is 19.6. The number of hydrogen-bond acceptors (Lipinski definition) is 3. The first-order valence-electron chi connectivity index (χ1n) is 9.96. The maximum Gasteiger partial charge on any atom is 0.282 e. The molecule has 0 unspecified atom stereocenters. The average Bonchev–Trinajstić information content (AvgIpc) is 2.94. The highest BCUT2D eigenvalue weighted by Gasteiger charge is 2.40. The van der Waals surface area contributed by atoms with Crippen molar-refractivity contribution in [1.82, 2.24) is 0 Å². The molecule has 30 heavy (non-hydrogen) atoms. The van der Waals surface area contributed by atoms with Gasteiger partial charge >= 0.3 is 0 Å². The van der Waals surface area contributed by atoms with Crippen LogP contribution in [0.5, 0.6) is 0 Å². The molecule has 0 atom stereocenters. The molecule has 0 radical (unpaired) electrons. The van der Waals surface area contributed by atoms with E-state index >= 15 is 0 Å². The van der Waals surface area contributed by atoms with Crippen molar-refractivity contribution in [1.29, 1.82) is 0 Å². The molecule has 4 nitrogen and oxygen atoms in total. The summed E-state index contributed by atoms with van der Waals surface area (Å²) in [6.07, 6.45) is 0. The first-order valence-corrected chi connectivity index (χ1v) is 9.96. The Bertz CT molecular complexity index is 1170. The van der Waals surface area contributed by atoms with Crippen LogP contribution in [0.15, 0.2) is 72.4 Å². The lowest BCUT2D eigenvalue weighted by molar-refractivity contribution is -0.120. The van der Waals surface area contributed by atoms with Gasteiger partial charge in [0.05, 0.1) is 11.3 Å². The summed E-state index contributed by atoms with van der Waals surface area (Å²) in [7, 11) is 0. The Hall–Kier alpha value is -3.66. The summed E-state index contributed by atoms with van der Waals surface area (Å²) >= 11 is 0. The van der Waals surface area contributed by atoms with Crippen LogP contribution in [0.4, 0.5) is 11.4 Å². The van der Waals surface area contributed by atoms with E-state index in [1.165, 1.54) is 4.90 Å². The highest BCUT2D eigenvalue weighted by atomic mass is 16.2. The van der Waals surface area contributed by atoms with E-state index in [1.54, 1.807) is 0 Å². The molecular formula is C26H24N2O2. The highest BCUT2D eigenvalue weighted by Crippen LogP contribution is 2.35. The van der Waals surface area contributed by atoms with Crippen LogP contribution in [0.25, 0.3) is 5.57 Å². The van der Waals surface area contributed by atoms with Gasteiger partial charge in [-0.3, -0.25) is 9.59 Å². The fourth-order valence-corrected chi connectivity index (χ4v) is 3.79. The Balaban J connectivity index is 1.86. The SMILES string of the molecule is Cc1cc(C)cc(N2C(=O)C(Nc3ccccc3)=C(c3ccc(C)c(C)c3)C2=O)c1. The van der Waals surface area contributed by atoms with E-state index in [2.05, 4.69) is 5.32 Å². The molecule has 4 heteroatoms. The minimum Gasteiger partial charge on any atom is -0.350 e. The van der Waals surface area contributed by atoms with E-state index in [1.807, 2.05) is 94.4 Å². The standard InChI is InChI=1S/C26H24N2O2/c1-16-12-17(2)14-22(13-16)28-25(29)23(20-11-10-18(3)19(4)15-20)24(26(28)30)27-21-8-6-5-7-9-21/h5-15,27H,1-4H3. The molecule has 0 saturated heterocycles. The maximum atomic E-state index is 13.5. The molecule has 0 aliphatic carbocycles. The molecule has 1 aliphatic heterocycles. The molecule has 0 bridgehead atoms. The van der Waals surface area contributed by atoms with Crippen LogP contribution in [-0.4, -0.2) is 11.8 Å². The molecule has 0 spiro atoms. The minimum absolute atomic E-state index is 0.300. The Kier molecular flexibility index (Phi) is 5.00. The fourth-order valence-electron chi connectivity index (χ4n) is 3.79. The fraction of sp³-hybridized carbons (Fsp3) is 0.154. The Morgan fingerprint density at radius 2 is 1.37 bits per heavy atom. The van der Waals surface area contributed by atoms with Crippen molar-refractivity contribution in [3.8, 4) is 0 Å². The minimum atomic E-state index is -0.345. The van der Waals surface area contributed by atoms with Crippen molar-refractivity contribution < 1.29 is 9.59 Å². The predicted molar refractivity (Wildman–Crippen MR) is 121 cm³/mol. The molecule has 1 N–H and O–H groups in total. The average molecular weight is 396 g/mol. The number of imide groups is 1. The third-order valence-corrected chi connectivity index (χ3v) is 5.39. The van der Waals surface area contributed by atoms with Gasteiger partial charge in [0.15, 0.2) is 0 Å². The molecule has 3 aromatic carbocycles. The summed E-state index contributed by atoms with van der Waals surface area (Å²) < 4.78 is 0. The second-order valence-electron chi connectivity index (χ2n) is 7.83. The van der Waals surface area contributed by atoms with Gasteiger partial charge in [0.25, 0.3) is 11.8 Å². The lowest BCUT2D eigenvalue weighted by Crippen LogP contribution is -2.32. The molecule has 150 valence electrons. The van der Waals surface area contributed by atoms with Gasteiger partial charge in [-0.25, -0.2) is 4.90 Å². The van der Waals surface area contributed by atoms with Gasteiger partial charge in [-0.2, -0.15) is 0 Å². The molecule has 0 saturated carbocycles. The van der Waals surface area contributed by atoms with Crippen molar-refractivity contribution in [3.63, 3.8) is 0 Å².